The van der Waals surface area contributed by atoms with Crippen molar-refractivity contribution in [3.8, 4) is 0 Å². The Morgan fingerprint density at radius 2 is 1.60 bits per heavy atom. The van der Waals surface area contributed by atoms with E-state index < -0.39 is 0 Å². The fraction of sp³-hybridized carbons (Fsp3) is 0.333. The molecule has 20 heavy (non-hydrogen) atoms. The molecule has 0 aliphatic carbocycles. The maximum atomic E-state index is 3.51. The first-order valence-electron chi connectivity index (χ1n) is 7.01. The fourth-order valence-corrected chi connectivity index (χ4v) is 2.74. The Morgan fingerprint density at radius 1 is 0.950 bits per heavy atom. The Bertz CT molecular complexity index is 552. The Labute approximate surface area is 126 Å². The summed E-state index contributed by atoms with van der Waals surface area (Å²) in [5.74, 6) is 0. The van der Waals surface area contributed by atoms with Crippen LogP contribution in [0.5, 0.6) is 0 Å². The van der Waals surface area contributed by atoms with Crippen molar-refractivity contribution in [2.75, 3.05) is 0 Å². The SMILES string of the molecule is Cc1ccccc1Sc1ccc(CNC(C)(C)C)cc1. The van der Waals surface area contributed by atoms with Gasteiger partial charge in [-0.2, -0.15) is 0 Å². The molecule has 0 saturated heterocycles. The lowest BCUT2D eigenvalue weighted by Crippen LogP contribution is -2.35. The van der Waals surface area contributed by atoms with Crippen molar-refractivity contribution < 1.29 is 0 Å². The Balaban J connectivity index is 2.00. The summed E-state index contributed by atoms with van der Waals surface area (Å²) in [5.41, 5.74) is 2.82. The van der Waals surface area contributed by atoms with E-state index in [1.165, 1.54) is 20.9 Å². The van der Waals surface area contributed by atoms with Crippen LogP contribution >= 0.6 is 11.8 Å². The average molecular weight is 285 g/mol. The highest BCUT2D eigenvalue weighted by Crippen LogP contribution is 2.30. The molecule has 0 aliphatic rings. The average Bonchev–Trinajstić information content (AvgIpc) is 2.40. The predicted octanol–water partition coefficient (Wildman–Crippen LogP) is 5.03. The van der Waals surface area contributed by atoms with E-state index in [4.69, 9.17) is 0 Å². The molecule has 1 N–H and O–H groups in total. The minimum Gasteiger partial charge on any atom is -0.308 e. The van der Waals surface area contributed by atoms with Gasteiger partial charge in [-0.05, 0) is 57.0 Å². The monoisotopic (exact) mass is 285 g/mol. The number of nitrogens with one attached hydrogen (secondary N) is 1. The molecule has 2 aromatic rings. The molecule has 0 atom stereocenters. The maximum Gasteiger partial charge on any atom is 0.0210 e. The van der Waals surface area contributed by atoms with E-state index in [9.17, 15) is 0 Å². The third kappa shape index (κ3) is 4.69. The highest BCUT2D eigenvalue weighted by molar-refractivity contribution is 7.99. The summed E-state index contributed by atoms with van der Waals surface area (Å²) < 4.78 is 0. The van der Waals surface area contributed by atoms with Gasteiger partial charge in [0, 0.05) is 21.9 Å². The summed E-state index contributed by atoms with van der Waals surface area (Å²) in [6.45, 7) is 9.64. The van der Waals surface area contributed by atoms with Crippen LogP contribution in [0.1, 0.15) is 31.9 Å². The molecular weight excluding hydrogens is 262 g/mol. The molecule has 0 bridgehead atoms. The standard InChI is InChI=1S/C18H23NS/c1-14-7-5-6-8-17(14)20-16-11-9-15(10-12-16)13-19-18(2,3)4/h5-12,19H,13H2,1-4H3. The van der Waals surface area contributed by atoms with Crippen LogP contribution in [-0.2, 0) is 6.54 Å². The number of rotatable bonds is 4. The van der Waals surface area contributed by atoms with Crippen molar-refractivity contribution in [2.24, 2.45) is 0 Å². The highest BCUT2D eigenvalue weighted by Gasteiger charge is 2.08. The van der Waals surface area contributed by atoms with Gasteiger partial charge in [0.25, 0.3) is 0 Å². The van der Waals surface area contributed by atoms with Gasteiger partial charge >= 0.3 is 0 Å². The van der Waals surface area contributed by atoms with Crippen LogP contribution in [0.3, 0.4) is 0 Å². The largest absolute Gasteiger partial charge is 0.308 e. The molecule has 2 rings (SSSR count). The van der Waals surface area contributed by atoms with Crippen LogP contribution in [0.2, 0.25) is 0 Å². The molecule has 0 radical (unpaired) electrons. The van der Waals surface area contributed by atoms with Gasteiger partial charge in [-0.25, -0.2) is 0 Å². The molecule has 0 unspecified atom stereocenters. The minimum atomic E-state index is 0.161. The second kappa shape index (κ2) is 6.47. The quantitative estimate of drug-likeness (QED) is 0.845. The van der Waals surface area contributed by atoms with Gasteiger partial charge in [-0.1, -0.05) is 42.1 Å². The van der Waals surface area contributed by atoms with E-state index in [0.717, 1.165) is 6.54 Å². The molecular formula is C18H23NS. The van der Waals surface area contributed by atoms with E-state index in [-0.39, 0.29) is 5.54 Å². The Hall–Kier alpha value is -1.25. The first-order chi connectivity index (χ1) is 9.44. The van der Waals surface area contributed by atoms with E-state index in [0.29, 0.717) is 0 Å². The van der Waals surface area contributed by atoms with Crippen LogP contribution in [-0.4, -0.2) is 5.54 Å². The van der Waals surface area contributed by atoms with Gasteiger partial charge in [0.1, 0.15) is 0 Å². The van der Waals surface area contributed by atoms with Crippen molar-refractivity contribution in [3.05, 3.63) is 59.7 Å². The van der Waals surface area contributed by atoms with Crippen LogP contribution in [0.25, 0.3) is 0 Å². The molecule has 0 saturated carbocycles. The van der Waals surface area contributed by atoms with E-state index in [1.807, 2.05) is 11.8 Å². The zero-order chi connectivity index (χ0) is 14.6. The second-order valence-corrected chi connectivity index (χ2v) is 7.23. The predicted molar refractivity (Wildman–Crippen MR) is 88.3 cm³/mol. The van der Waals surface area contributed by atoms with Gasteiger partial charge in [0.05, 0.1) is 0 Å². The van der Waals surface area contributed by atoms with Crippen molar-refractivity contribution in [2.45, 2.75) is 49.6 Å². The lowest BCUT2D eigenvalue weighted by molar-refractivity contribution is 0.424. The third-order valence-corrected chi connectivity index (χ3v) is 4.25. The van der Waals surface area contributed by atoms with Crippen molar-refractivity contribution in [1.29, 1.82) is 0 Å². The molecule has 0 spiro atoms. The van der Waals surface area contributed by atoms with Gasteiger partial charge in [-0.3, -0.25) is 0 Å². The first kappa shape index (κ1) is 15.1. The number of aryl methyl sites for hydroxylation is 1. The zero-order valence-corrected chi connectivity index (χ0v) is 13.6. The summed E-state index contributed by atoms with van der Waals surface area (Å²) in [7, 11) is 0. The summed E-state index contributed by atoms with van der Waals surface area (Å²) >= 11 is 1.83. The van der Waals surface area contributed by atoms with Gasteiger partial charge in [0.15, 0.2) is 0 Å². The number of hydrogen-bond acceptors (Lipinski definition) is 2. The summed E-state index contributed by atoms with van der Waals surface area (Å²) in [5, 5.41) is 3.51. The normalized spacial score (nSPS) is 11.6. The first-order valence-corrected chi connectivity index (χ1v) is 7.83. The molecule has 0 aliphatic heterocycles. The smallest absolute Gasteiger partial charge is 0.0210 e. The molecule has 2 heteroatoms. The van der Waals surface area contributed by atoms with Crippen LogP contribution in [0.4, 0.5) is 0 Å². The molecule has 0 aromatic heterocycles. The van der Waals surface area contributed by atoms with Gasteiger partial charge in [0.2, 0.25) is 0 Å². The Kier molecular flexibility index (Phi) is 4.90. The van der Waals surface area contributed by atoms with Crippen molar-refractivity contribution in [1.82, 2.24) is 5.32 Å². The van der Waals surface area contributed by atoms with Crippen LogP contribution in [0, 0.1) is 6.92 Å². The number of hydrogen-bond donors (Lipinski definition) is 1. The highest BCUT2D eigenvalue weighted by atomic mass is 32.2. The van der Waals surface area contributed by atoms with E-state index >= 15 is 0 Å². The van der Waals surface area contributed by atoms with Crippen LogP contribution < -0.4 is 5.32 Å². The summed E-state index contributed by atoms with van der Waals surface area (Å²) in [4.78, 5) is 2.62. The van der Waals surface area contributed by atoms with Gasteiger partial charge in [-0.15, -0.1) is 0 Å². The molecule has 2 aromatic carbocycles. The maximum absolute atomic E-state index is 3.51. The topological polar surface area (TPSA) is 12.0 Å². The van der Waals surface area contributed by atoms with E-state index in [1.54, 1.807) is 0 Å². The molecule has 1 nitrogen and oxygen atoms in total. The number of benzene rings is 2. The lowest BCUT2D eigenvalue weighted by atomic mass is 10.1. The zero-order valence-electron chi connectivity index (χ0n) is 12.7. The third-order valence-electron chi connectivity index (χ3n) is 3.07. The second-order valence-electron chi connectivity index (χ2n) is 6.12. The summed E-state index contributed by atoms with van der Waals surface area (Å²) in [6.07, 6.45) is 0. The minimum absolute atomic E-state index is 0.161. The van der Waals surface area contributed by atoms with E-state index in [2.05, 4.69) is 81.5 Å². The lowest BCUT2D eigenvalue weighted by Gasteiger charge is -2.20. The summed E-state index contributed by atoms with van der Waals surface area (Å²) in [6, 6.07) is 17.3. The molecule has 0 heterocycles. The van der Waals surface area contributed by atoms with Crippen molar-refractivity contribution >= 4 is 11.8 Å². The molecule has 0 fully saturated rings. The van der Waals surface area contributed by atoms with Crippen LogP contribution in [0.15, 0.2) is 58.3 Å². The fourth-order valence-electron chi connectivity index (χ4n) is 1.84. The van der Waals surface area contributed by atoms with Gasteiger partial charge < -0.3 is 5.32 Å². The van der Waals surface area contributed by atoms with Crippen molar-refractivity contribution in [3.63, 3.8) is 0 Å². The Morgan fingerprint density at radius 3 is 2.20 bits per heavy atom. The molecule has 106 valence electrons. The molecule has 0 amide bonds.